The van der Waals surface area contributed by atoms with Gasteiger partial charge in [0, 0.05) is 18.5 Å². The average molecular weight is 409 g/mol. The third-order valence-electron chi connectivity index (χ3n) is 4.40. The number of hydrogen-bond acceptors (Lipinski definition) is 5. The van der Waals surface area contributed by atoms with Crippen LogP contribution >= 0.6 is 11.6 Å². The zero-order valence-electron chi connectivity index (χ0n) is 15.6. The molecule has 0 amide bonds. The molecule has 7 nitrogen and oxygen atoms in total. The number of hydrogen-bond donors (Lipinski definition) is 0. The van der Waals surface area contributed by atoms with E-state index < -0.39 is 11.2 Å². The summed E-state index contributed by atoms with van der Waals surface area (Å²) in [7, 11) is 0. The quantitative estimate of drug-likeness (QED) is 0.474. The Kier molecular flexibility index (Phi) is 5.14. The molecule has 0 fully saturated rings. The highest BCUT2D eigenvalue weighted by Gasteiger charge is 2.18. The molecule has 0 aliphatic carbocycles. The molecule has 2 aliphatic rings. The van der Waals surface area contributed by atoms with Crippen LogP contribution in [-0.4, -0.2) is 25.7 Å². The minimum atomic E-state index is -0.648. The largest absolute Gasteiger partial charge is 0.494 e. The Bertz CT molecular complexity index is 1250. The third kappa shape index (κ3) is 3.77. The van der Waals surface area contributed by atoms with E-state index in [-0.39, 0.29) is 0 Å². The molecule has 2 aromatic rings. The van der Waals surface area contributed by atoms with E-state index in [1.807, 2.05) is 13.0 Å². The summed E-state index contributed by atoms with van der Waals surface area (Å²) < 4.78 is 8.27. The average Bonchev–Trinajstić information content (AvgIpc) is 2.71. The number of rotatable bonds is 5. The molecule has 1 aromatic carbocycles. The molecule has 0 bridgehead atoms. The van der Waals surface area contributed by atoms with Gasteiger partial charge in [-0.25, -0.2) is 14.3 Å². The highest BCUT2D eigenvalue weighted by atomic mass is 35.5. The first kappa shape index (κ1) is 18.9. The molecule has 0 radical (unpaired) electrons. The zero-order chi connectivity index (χ0) is 20.4. The number of ether oxygens (including phenoxy) is 1. The first-order valence-electron chi connectivity index (χ1n) is 9.02. The van der Waals surface area contributed by atoms with Crippen molar-refractivity contribution < 1.29 is 4.74 Å². The van der Waals surface area contributed by atoms with Crippen LogP contribution in [0, 0.1) is 0 Å². The lowest BCUT2D eigenvalue weighted by molar-refractivity contribution is 0.340. The first-order chi connectivity index (χ1) is 14.1. The second kappa shape index (κ2) is 7.89. The summed E-state index contributed by atoms with van der Waals surface area (Å²) >= 11 is 5.83. The van der Waals surface area contributed by atoms with Gasteiger partial charge in [0.1, 0.15) is 10.9 Å². The van der Waals surface area contributed by atoms with Gasteiger partial charge in [0.2, 0.25) is 0 Å². The van der Waals surface area contributed by atoms with Crippen molar-refractivity contribution in [3.63, 3.8) is 0 Å². The van der Waals surface area contributed by atoms with Gasteiger partial charge >= 0.3 is 5.69 Å². The van der Waals surface area contributed by atoms with Crippen LogP contribution in [0.4, 0.5) is 0 Å². The minimum Gasteiger partial charge on any atom is -0.494 e. The maximum Gasteiger partial charge on any atom is 0.357 e. The molecule has 1 aromatic heterocycles. The van der Waals surface area contributed by atoms with Crippen LogP contribution < -0.4 is 16.0 Å². The Balaban J connectivity index is 1.83. The fourth-order valence-corrected chi connectivity index (χ4v) is 3.23. The highest BCUT2D eigenvalue weighted by molar-refractivity contribution is 6.29. The zero-order valence-corrected chi connectivity index (χ0v) is 16.3. The lowest BCUT2D eigenvalue weighted by Gasteiger charge is -2.15. The highest BCUT2D eigenvalue weighted by Crippen LogP contribution is 2.18. The Morgan fingerprint density at radius 1 is 1.10 bits per heavy atom. The van der Waals surface area contributed by atoms with Crippen LogP contribution in [0.1, 0.15) is 12.5 Å². The van der Waals surface area contributed by atoms with Gasteiger partial charge in [0.05, 0.1) is 24.4 Å². The maximum atomic E-state index is 13.1. The number of aromatic nitrogens is 4. The van der Waals surface area contributed by atoms with E-state index in [0.717, 1.165) is 10.1 Å². The van der Waals surface area contributed by atoms with Crippen LogP contribution in [0.25, 0.3) is 17.1 Å². The molecule has 0 saturated carbocycles. The van der Waals surface area contributed by atoms with Crippen molar-refractivity contribution in [1.82, 2.24) is 19.1 Å². The molecular weight excluding hydrogens is 392 g/mol. The van der Waals surface area contributed by atoms with E-state index in [0.29, 0.717) is 41.1 Å². The predicted molar refractivity (Wildman–Crippen MR) is 110 cm³/mol. The predicted octanol–water partition coefficient (Wildman–Crippen LogP) is 2.99. The fraction of sp³-hybridized carbons (Fsp3) is 0.143. The molecule has 0 saturated heterocycles. The van der Waals surface area contributed by atoms with Crippen molar-refractivity contribution in [2.24, 2.45) is 0 Å². The van der Waals surface area contributed by atoms with E-state index >= 15 is 0 Å². The SMILES string of the molecule is CCOc1cccc(-n2c(=O)nc3n(Cc4ccc(Cl)nc4)cccc-3c2=O)c1. The Morgan fingerprint density at radius 2 is 1.97 bits per heavy atom. The van der Waals surface area contributed by atoms with E-state index in [9.17, 15) is 9.59 Å². The van der Waals surface area contributed by atoms with Crippen LogP contribution in [0.15, 0.2) is 70.5 Å². The van der Waals surface area contributed by atoms with Gasteiger partial charge in [0.25, 0.3) is 5.56 Å². The van der Waals surface area contributed by atoms with Crippen LogP contribution in [-0.2, 0) is 6.54 Å². The van der Waals surface area contributed by atoms with Crippen molar-refractivity contribution in [2.45, 2.75) is 13.5 Å². The summed E-state index contributed by atoms with van der Waals surface area (Å²) in [6.45, 7) is 2.75. The van der Waals surface area contributed by atoms with E-state index in [2.05, 4.69) is 9.97 Å². The number of benzene rings is 1. The van der Waals surface area contributed by atoms with Gasteiger partial charge < -0.3 is 9.30 Å². The molecule has 0 unspecified atom stereocenters. The first-order valence-corrected chi connectivity index (χ1v) is 9.40. The second-order valence-electron chi connectivity index (χ2n) is 6.33. The standard InChI is InChI=1S/C21H17ClN4O3/c1-2-29-16-6-3-5-15(11-16)26-20(27)17-7-4-10-25(19(17)24-21(26)28)13-14-8-9-18(22)23-12-14/h3-12H,2,13H2,1H3. The smallest absolute Gasteiger partial charge is 0.357 e. The fourth-order valence-electron chi connectivity index (χ4n) is 3.11. The molecule has 0 atom stereocenters. The second-order valence-corrected chi connectivity index (χ2v) is 6.72. The topological polar surface area (TPSA) is 79.0 Å². The summed E-state index contributed by atoms with van der Waals surface area (Å²) in [5.41, 5.74) is 0.547. The Hall–Kier alpha value is -3.45. The molecular formula is C21H17ClN4O3. The van der Waals surface area contributed by atoms with Gasteiger partial charge in [-0.05, 0) is 42.8 Å². The van der Waals surface area contributed by atoms with Crippen LogP contribution in [0.5, 0.6) is 5.75 Å². The van der Waals surface area contributed by atoms with Crippen molar-refractivity contribution >= 4 is 11.6 Å². The van der Waals surface area contributed by atoms with Crippen LogP contribution in [0.3, 0.4) is 0 Å². The number of halogens is 1. The Labute approximate surface area is 171 Å². The van der Waals surface area contributed by atoms with Crippen molar-refractivity contribution in [1.29, 1.82) is 0 Å². The van der Waals surface area contributed by atoms with E-state index in [1.165, 1.54) is 0 Å². The van der Waals surface area contributed by atoms with Crippen LogP contribution in [0.2, 0.25) is 5.15 Å². The number of pyridine rings is 2. The molecule has 146 valence electrons. The van der Waals surface area contributed by atoms with Crippen molar-refractivity contribution in [2.75, 3.05) is 6.61 Å². The maximum absolute atomic E-state index is 13.1. The summed E-state index contributed by atoms with van der Waals surface area (Å²) in [5.74, 6) is 0.893. The van der Waals surface area contributed by atoms with E-state index in [4.69, 9.17) is 16.3 Å². The molecule has 8 heteroatoms. The number of fused-ring (bicyclic) bond motifs is 1. The Morgan fingerprint density at radius 3 is 2.72 bits per heavy atom. The molecule has 29 heavy (non-hydrogen) atoms. The number of nitrogens with zero attached hydrogens (tertiary/aromatic N) is 4. The normalized spacial score (nSPS) is 11.0. The summed E-state index contributed by atoms with van der Waals surface area (Å²) in [5, 5.41) is 0.397. The molecule has 4 rings (SSSR count). The summed E-state index contributed by atoms with van der Waals surface area (Å²) in [4.78, 5) is 34.1. The minimum absolute atomic E-state index is 0.315. The van der Waals surface area contributed by atoms with Gasteiger partial charge in [0.15, 0.2) is 5.82 Å². The van der Waals surface area contributed by atoms with Gasteiger partial charge in [-0.2, -0.15) is 4.98 Å². The van der Waals surface area contributed by atoms with E-state index in [1.54, 1.807) is 59.4 Å². The monoisotopic (exact) mass is 408 g/mol. The molecule has 0 spiro atoms. The van der Waals surface area contributed by atoms with Crippen molar-refractivity contribution in [3.05, 3.63) is 92.5 Å². The lowest BCUT2D eigenvalue weighted by atomic mass is 10.2. The molecule has 3 heterocycles. The summed E-state index contributed by atoms with van der Waals surface area (Å²) in [6, 6.07) is 13.8. The van der Waals surface area contributed by atoms with Gasteiger partial charge in [-0.1, -0.05) is 23.7 Å². The van der Waals surface area contributed by atoms with Gasteiger partial charge in [-0.15, -0.1) is 0 Å². The van der Waals surface area contributed by atoms with Gasteiger partial charge in [-0.3, -0.25) is 4.79 Å². The molecule has 2 aliphatic heterocycles. The summed E-state index contributed by atoms with van der Waals surface area (Å²) in [6.07, 6.45) is 3.41. The third-order valence-corrected chi connectivity index (χ3v) is 4.62. The van der Waals surface area contributed by atoms with Crippen molar-refractivity contribution in [3.8, 4) is 22.8 Å². The lowest BCUT2D eigenvalue weighted by Crippen LogP contribution is -2.36. The molecule has 0 N–H and O–H groups in total.